The second-order valence-corrected chi connectivity index (χ2v) is 6.53. The molecule has 1 saturated heterocycles. The first-order valence-electron chi connectivity index (χ1n) is 5.56. The van der Waals surface area contributed by atoms with E-state index in [0.29, 0.717) is 0 Å². The number of carbonyl (C=O) groups is 1. The van der Waals surface area contributed by atoms with Crippen molar-refractivity contribution >= 4 is 23.4 Å². The highest BCUT2D eigenvalue weighted by Gasteiger charge is 2.28. The van der Waals surface area contributed by atoms with Crippen molar-refractivity contribution in [2.75, 3.05) is 23.7 Å². The van der Waals surface area contributed by atoms with Gasteiger partial charge in [0.05, 0.1) is 5.69 Å². The molecule has 1 N–H and O–H groups in total. The molecule has 0 amide bonds. The molecule has 4 nitrogen and oxygen atoms in total. The maximum atomic E-state index is 11.2. The van der Waals surface area contributed by atoms with Crippen LogP contribution in [0, 0.1) is 0 Å². The molecule has 0 radical (unpaired) electrons. The third-order valence-corrected chi connectivity index (χ3v) is 4.09. The Kier molecular flexibility index (Phi) is 3.28. The number of hydrogen-bond acceptors (Lipinski definition) is 4. The summed E-state index contributed by atoms with van der Waals surface area (Å²) in [6, 6.07) is 1.79. The van der Waals surface area contributed by atoms with Crippen LogP contribution in [0.15, 0.2) is 18.5 Å². The van der Waals surface area contributed by atoms with Crippen LogP contribution in [-0.2, 0) is 0 Å². The van der Waals surface area contributed by atoms with E-state index >= 15 is 0 Å². The number of anilines is 1. The van der Waals surface area contributed by atoms with Gasteiger partial charge in [-0.15, -0.1) is 0 Å². The summed E-state index contributed by atoms with van der Waals surface area (Å²) < 4.78 is 0.164. The fraction of sp³-hybridized carbons (Fsp3) is 0.500. The summed E-state index contributed by atoms with van der Waals surface area (Å²) in [5.74, 6) is 0.109. The molecule has 1 aliphatic heterocycles. The highest BCUT2D eigenvalue weighted by atomic mass is 32.2. The van der Waals surface area contributed by atoms with Crippen molar-refractivity contribution in [2.24, 2.45) is 0 Å². The molecular weight excluding hydrogens is 236 g/mol. The quantitative estimate of drug-likeness (QED) is 0.873. The average molecular weight is 252 g/mol. The first-order chi connectivity index (χ1) is 7.99. The van der Waals surface area contributed by atoms with Crippen molar-refractivity contribution in [1.29, 1.82) is 0 Å². The normalized spacial score (nSPS) is 19.1. The second kappa shape index (κ2) is 4.56. The Balaban J connectivity index is 2.30. The molecule has 0 unspecified atom stereocenters. The lowest BCUT2D eigenvalue weighted by Crippen LogP contribution is -2.43. The zero-order valence-electron chi connectivity index (χ0n) is 10.0. The third-order valence-electron chi connectivity index (χ3n) is 2.79. The van der Waals surface area contributed by atoms with Crippen molar-refractivity contribution < 1.29 is 9.90 Å². The van der Waals surface area contributed by atoms with Crippen LogP contribution >= 0.6 is 11.8 Å². The number of rotatable bonds is 2. The lowest BCUT2D eigenvalue weighted by molar-refractivity contribution is 0.0697. The van der Waals surface area contributed by atoms with Crippen LogP contribution in [0.1, 0.15) is 24.2 Å². The average Bonchev–Trinajstić information content (AvgIpc) is 2.27. The Morgan fingerprint density at radius 1 is 1.59 bits per heavy atom. The van der Waals surface area contributed by atoms with Gasteiger partial charge in [-0.25, -0.2) is 4.79 Å². The number of aromatic nitrogens is 1. The molecule has 0 saturated carbocycles. The van der Waals surface area contributed by atoms with Crippen LogP contribution < -0.4 is 4.90 Å². The number of carboxylic acids is 1. The Bertz CT molecular complexity index is 434. The molecule has 1 aliphatic rings. The highest BCUT2D eigenvalue weighted by molar-refractivity contribution is 8.00. The van der Waals surface area contributed by atoms with Crippen molar-refractivity contribution in [3.05, 3.63) is 24.0 Å². The fourth-order valence-corrected chi connectivity index (χ4v) is 3.16. The number of aromatic carboxylic acids is 1. The first-order valence-corrected chi connectivity index (χ1v) is 6.54. The molecule has 17 heavy (non-hydrogen) atoms. The minimum atomic E-state index is -0.913. The van der Waals surface area contributed by atoms with E-state index in [1.807, 2.05) is 11.8 Å². The van der Waals surface area contributed by atoms with Crippen molar-refractivity contribution in [3.8, 4) is 0 Å². The second-order valence-electron chi connectivity index (χ2n) is 4.73. The molecule has 1 aromatic rings. The fourth-order valence-electron chi connectivity index (χ4n) is 2.05. The molecule has 0 aliphatic carbocycles. The molecule has 0 aromatic carbocycles. The van der Waals surface area contributed by atoms with E-state index in [1.54, 1.807) is 12.3 Å². The van der Waals surface area contributed by atoms with E-state index in [-0.39, 0.29) is 10.3 Å². The van der Waals surface area contributed by atoms with E-state index in [4.69, 9.17) is 5.11 Å². The van der Waals surface area contributed by atoms with Gasteiger partial charge in [0.15, 0.2) is 0 Å². The van der Waals surface area contributed by atoms with Crippen LogP contribution in [0.25, 0.3) is 0 Å². The third kappa shape index (κ3) is 2.72. The topological polar surface area (TPSA) is 53.4 Å². The Hall–Kier alpha value is -1.23. The van der Waals surface area contributed by atoms with Gasteiger partial charge in [-0.3, -0.25) is 4.98 Å². The Morgan fingerprint density at radius 2 is 2.35 bits per heavy atom. The highest BCUT2D eigenvalue weighted by Crippen LogP contribution is 2.33. The molecule has 2 heterocycles. The summed E-state index contributed by atoms with van der Waals surface area (Å²) in [5.41, 5.74) is 1.07. The lowest BCUT2D eigenvalue weighted by atomic mass is 10.1. The number of hydrogen-bond donors (Lipinski definition) is 1. The largest absolute Gasteiger partial charge is 0.478 e. The van der Waals surface area contributed by atoms with E-state index in [1.165, 1.54) is 6.20 Å². The minimum absolute atomic E-state index is 0.164. The zero-order chi connectivity index (χ0) is 12.5. The summed E-state index contributed by atoms with van der Waals surface area (Å²) in [4.78, 5) is 17.2. The van der Waals surface area contributed by atoms with E-state index in [0.717, 1.165) is 24.5 Å². The maximum Gasteiger partial charge on any atom is 0.339 e. The molecular formula is C12H16N2O2S. The predicted molar refractivity (Wildman–Crippen MR) is 69.9 cm³/mol. The number of nitrogens with zero attached hydrogens (tertiary/aromatic N) is 2. The summed E-state index contributed by atoms with van der Waals surface area (Å²) in [7, 11) is 0. The van der Waals surface area contributed by atoms with Crippen molar-refractivity contribution in [2.45, 2.75) is 18.6 Å². The van der Waals surface area contributed by atoms with Gasteiger partial charge in [0.25, 0.3) is 0 Å². The molecule has 1 aromatic heterocycles. The van der Waals surface area contributed by atoms with Crippen LogP contribution in [0.3, 0.4) is 0 Å². The number of carboxylic acid groups (broad SMARTS) is 1. The minimum Gasteiger partial charge on any atom is -0.478 e. The SMILES string of the molecule is CC1(C)CN(c2ccncc2C(=O)O)CCS1. The summed E-state index contributed by atoms with van der Waals surface area (Å²) >= 11 is 1.93. The summed E-state index contributed by atoms with van der Waals surface area (Å²) in [6.07, 6.45) is 3.07. The maximum absolute atomic E-state index is 11.2. The summed E-state index contributed by atoms with van der Waals surface area (Å²) in [5, 5.41) is 9.15. The van der Waals surface area contributed by atoms with Crippen LogP contribution in [-0.4, -0.2) is 39.6 Å². The number of thioether (sulfide) groups is 1. The van der Waals surface area contributed by atoms with Gasteiger partial charge in [-0.2, -0.15) is 11.8 Å². The van der Waals surface area contributed by atoms with Crippen molar-refractivity contribution in [1.82, 2.24) is 4.98 Å². The van der Waals surface area contributed by atoms with E-state index < -0.39 is 5.97 Å². The van der Waals surface area contributed by atoms with Crippen LogP contribution in [0.4, 0.5) is 5.69 Å². The lowest BCUT2D eigenvalue weighted by Gasteiger charge is -2.39. The standard InChI is InChI=1S/C12H16N2O2S/c1-12(2)8-14(5-6-17-12)10-3-4-13-7-9(10)11(15)16/h3-4,7H,5-6,8H2,1-2H3,(H,15,16). The Labute approximate surface area is 105 Å². The smallest absolute Gasteiger partial charge is 0.339 e. The molecule has 0 bridgehead atoms. The number of pyridine rings is 1. The van der Waals surface area contributed by atoms with Gasteiger partial charge in [-0.05, 0) is 19.9 Å². The van der Waals surface area contributed by atoms with Crippen LogP contribution in [0.2, 0.25) is 0 Å². The zero-order valence-corrected chi connectivity index (χ0v) is 10.8. The van der Waals surface area contributed by atoms with Gasteiger partial charge >= 0.3 is 5.97 Å². The molecule has 5 heteroatoms. The van der Waals surface area contributed by atoms with Crippen molar-refractivity contribution in [3.63, 3.8) is 0 Å². The molecule has 2 rings (SSSR count). The van der Waals surface area contributed by atoms with Crippen LogP contribution in [0.5, 0.6) is 0 Å². The monoisotopic (exact) mass is 252 g/mol. The van der Waals surface area contributed by atoms with Gasteiger partial charge in [-0.1, -0.05) is 0 Å². The Morgan fingerprint density at radius 3 is 3.00 bits per heavy atom. The first kappa shape index (κ1) is 12.2. The molecule has 0 atom stereocenters. The molecule has 0 spiro atoms. The van der Waals surface area contributed by atoms with Gasteiger partial charge in [0.2, 0.25) is 0 Å². The van der Waals surface area contributed by atoms with Gasteiger partial charge < -0.3 is 10.0 Å². The predicted octanol–water partition coefficient (Wildman–Crippen LogP) is 2.11. The summed E-state index contributed by atoms with van der Waals surface area (Å²) in [6.45, 7) is 6.12. The van der Waals surface area contributed by atoms with Gasteiger partial charge in [0, 0.05) is 36.0 Å². The van der Waals surface area contributed by atoms with Gasteiger partial charge in [0.1, 0.15) is 5.56 Å². The molecule has 1 fully saturated rings. The van der Waals surface area contributed by atoms with E-state index in [9.17, 15) is 4.79 Å². The van der Waals surface area contributed by atoms with E-state index in [2.05, 4.69) is 23.7 Å². The molecule has 92 valence electrons.